The summed E-state index contributed by atoms with van der Waals surface area (Å²) in [4.78, 5) is 18.3. The fraction of sp³-hybridized carbons (Fsp3) is 0.579. The highest BCUT2D eigenvalue weighted by molar-refractivity contribution is 5.82. The molecule has 6 nitrogen and oxygen atoms in total. The molecule has 3 N–H and O–H groups in total. The highest BCUT2D eigenvalue weighted by atomic mass is 16.2. The summed E-state index contributed by atoms with van der Waals surface area (Å²) in [7, 11) is 0. The molecular formula is C19H31N5O. The maximum atomic E-state index is 11.5. The number of rotatable bonds is 6. The Bertz CT molecular complexity index is 582. The summed E-state index contributed by atoms with van der Waals surface area (Å²) in [6.07, 6.45) is 0. The average molecular weight is 345 g/mol. The quantitative estimate of drug-likeness (QED) is 0.542. The van der Waals surface area contributed by atoms with Crippen LogP contribution in [0.3, 0.4) is 0 Å². The summed E-state index contributed by atoms with van der Waals surface area (Å²) in [6, 6.07) is 8.67. The summed E-state index contributed by atoms with van der Waals surface area (Å²) in [6.45, 7) is 12.1. The minimum Gasteiger partial charge on any atom is -0.360 e. The molecule has 1 amide bonds. The minimum absolute atomic E-state index is 0.0838. The number of carbonyl (C=O) groups is 1. The standard InChI is InChI=1S/C19H31N5O/c1-5-20-19(23-15(4)14(2)3)22-12-16-6-8-17(9-7-16)24-11-10-21-18(25)13-24/h6-9,14-15H,5,10-13H2,1-4H3,(H,21,25)(H2,20,22,23). The van der Waals surface area contributed by atoms with E-state index in [2.05, 4.69) is 77.8 Å². The van der Waals surface area contributed by atoms with Crippen LogP contribution in [0, 0.1) is 5.92 Å². The van der Waals surface area contributed by atoms with Crippen molar-refractivity contribution in [3.8, 4) is 0 Å². The third-order valence-electron chi connectivity index (χ3n) is 4.47. The topological polar surface area (TPSA) is 68.8 Å². The molecule has 1 saturated heterocycles. The number of aliphatic imine (C=N–C) groups is 1. The Morgan fingerprint density at radius 1 is 1.28 bits per heavy atom. The van der Waals surface area contributed by atoms with Crippen LogP contribution in [-0.2, 0) is 11.3 Å². The number of carbonyl (C=O) groups excluding carboxylic acids is 1. The summed E-state index contributed by atoms with van der Waals surface area (Å²) in [5.74, 6) is 1.48. The van der Waals surface area contributed by atoms with Gasteiger partial charge in [-0.2, -0.15) is 0 Å². The van der Waals surface area contributed by atoms with E-state index in [9.17, 15) is 4.79 Å². The zero-order valence-electron chi connectivity index (χ0n) is 15.8. The van der Waals surface area contributed by atoms with Gasteiger partial charge in [-0.1, -0.05) is 26.0 Å². The first-order chi connectivity index (χ1) is 12.0. The Hall–Kier alpha value is -2.24. The van der Waals surface area contributed by atoms with Crippen LogP contribution in [0.4, 0.5) is 5.69 Å². The number of piperazine rings is 1. The van der Waals surface area contributed by atoms with Gasteiger partial charge in [0.05, 0.1) is 13.1 Å². The molecule has 1 unspecified atom stereocenters. The third kappa shape index (κ3) is 5.96. The first-order valence-electron chi connectivity index (χ1n) is 9.15. The lowest BCUT2D eigenvalue weighted by Crippen LogP contribution is -2.47. The van der Waals surface area contributed by atoms with Crippen LogP contribution in [0.2, 0.25) is 0 Å². The van der Waals surface area contributed by atoms with Crippen molar-refractivity contribution >= 4 is 17.6 Å². The number of benzene rings is 1. The fourth-order valence-corrected chi connectivity index (χ4v) is 2.54. The van der Waals surface area contributed by atoms with Gasteiger partial charge in [-0.25, -0.2) is 4.99 Å². The van der Waals surface area contributed by atoms with Gasteiger partial charge < -0.3 is 20.9 Å². The van der Waals surface area contributed by atoms with Crippen molar-refractivity contribution in [2.75, 3.05) is 31.1 Å². The molecule has 0 aliphatic carbocycles. The summed E-state index contributed by atoms with van der Waals surface area (Å²) in [5, 5.41) is 9.58. The van der Waals surface area contributed by atoms with Gasteiger partial charge in [-0.05, 0) is 37.5 Å². The summed E-state index contributed by atoms with van der Waals surface area (Å²) >= 11 is 0. The second-order valence-corrected chi connectivity index (χ2v) is 6.81. The van der Waals surface area contributed by atoms with E-state index >= 15 is 0 Å². The van der Waals surface area contributed by atoms with E-state index in [-0.39, 0.29) is 5.91 Å². The van der Waals surface area contributed by atoms with Gasteiger partial charge in [-0.3, -0.25) is 4.79 Å². The second-order valence-electron chi connectivity index (χ2n) is 6.81. The predicted octanol–water partition coefficient (Wildman–Crippen LogP) is 1.72. The molecule has 138 valence electrons. The van der Waals surface area contributed by atoms with Crippen molar-refractivity contribution in [2.45, 2.75) is 40.3 Å². The van der Waals surface area contributed by atoms with Crippen molar-refractivity contribution in [3.05, 3.63) is 29.8 Å². The molecule has 1 aromatic rings. The van der Waals surface area contributed by atoms with E-state index < -0.39 is 0 Å². The normalized spacial score (nSPS) is 16.6. The zero-order valence-corrected chi connectivity index (χ0v) is 15.8. The Balaban J connectivity index is 1.97. The molecule has 1 atom stereocenters. The van der Waals surface area contributed by atoms with Crippen LogP contribution < -0.4 is 20.9 Å². The zero-order chi connectivity index (χ0) is 18.2. The first kappa shape index (κ1) is 19.1. The van der Waals surface area contributed by atoms with Gasteiger partial charge in [-0.15, -0.1) is 0 Å². The molecule has 0 aromatic heterocycles. The van der Waals surface area contributed by atoms with Crippen molar-refractivity contribution in [1.82, 2.24) is 16.0 Å². The van der Waals surface area contributed by atoms with Crippen molar-refractivity contribution in [3.63, 3.8) is 0 Å². The molecule has 0 spiro atoms. The van der Waals surface area contributed by atoms with Crippen molar-refractivity contribution in [2.24, 2.45) is 10.9 Å². The second kappa shape index (κ2) is 9.30. The molecule has 1 fully saturated rings. The Labute approximate surface area is 151 Å². The number of nitrogens with one attached hydrogen (secondary N) is 3. The van der Waals surface area contributed by atoms with E-state index in [4.69, 9.17) is 0 Å². The van der Waals surface area contributed by atoms with Crippen molar-refractivity contribution in [1.29, 1.82) is 0 Å². The smallest absolute Gasteiger partial charge is 0.239 e. The fourth-order valence-electron chi connectivity index (χ4n) is 2.54. The van der Waals surface area contributed by atoms with Crippen LogP contribution >= 0.6 is 0 Å². The van der Waals surface area contributed by atoms with Crippen molar-refractivity contribution < 1.29 is 4.79 Å². The molecule has 2 rings (SSSR count). The van der Waals surface area contributed by atoms with Gasteiger partial charge in [0.15, 0.2) is 5.96 Å². The van der Waals surface area contributed by atoms with E-state index in [1.165, 1.54) is 0 Å². The van der Waals surface area contributed by atoms with Crippen LogP contribution in [-0.4, -0.2) is 44.1 Å². The maximum Gasteiger partial charge on any atom is 0.239 e. The average Bonchev–Trinajstić information content (AvgIpc) is 2.60. The highest BCUT2D eigenvalue weighted by Gasteiger charge is 2.16. The van der Waals surface area contributed by atoms with E-state index in [1.54, 1.807) is 0 Å². The lowest BCUT2D eigenvalue weighted by Gasteiger charge is -2.28. The molecule has 0 bridgehead atoms. The van der Waals surface area contributed by atoms with Gasteiger partial charge in [0.2, 0.25) is 5.91 Å². The molecule has 0 saturated carbocycles. The third-order valence-corrected chi connectivity index (χ3v) is 4.47. The van der Waals surface area contributed by atoms with E-state index in [0.29, 0.717) is 31.6 Å². The first-order valence-corrected chi connectivity index (χ1v) is 9.15. The van der Waals surface area contributed by atoms with Gasteiger partial charge >= 0.3 is 0 Å². The number of amides is 1. The van der Waals surface area contributed by atoms with Gasteiger partial charge in [0.25, 0.3) is 0 Å². The molecule has 1 heterocycles. The molecule has 25 heavy (non-hydrogen) atoms. The monoisotopic (exact) mass is 345 g/mol. The number of hydrogen-bond donors (Lipinski definition) is 3. The predicted molar refractivity (Wildman–Crippen MR) is 104 cm³/mol. The van der Waals surface area contributed by atoms with Gasteiger partial charge in [0, 0.05) is 31.4 Å². The number of anilines is 1. The lowest BCUT2D eigenvalue weighted by molar-refractivity contribution is -0.120. The lowest BCUT2D eigenvalue weighted by atomic mass is 10.1. The minimum atomic E-state index is 0.0838. The molecule has 1 aliphatic rings. The number of nitrogens with zero attached hydrogens (tertiary/aromatic N) is 2. The molecule has 1 aliphatic heterocycles. The van der Waals surface area contributed by atoms with E-state index in [0.717, 1.165) is 30.3 Å². The maximum absolute atomic E-state index is 11.5. The number of guanidine groups is 1. The van der Waals surface area contributed by atoms with Crippen LogP contribution in [0.5, 0.6) is 0 Å². The molecule has 6 heteroatoms. The SMILES string of the molecule is CCNC(=NCc1ccc(N2CCNC(=O)C2)cc1)NC(C)C(C)C. The largest absolute Gasteiger partial charge is 0.360 e. The van der Waals surface area contributed by atoms with E-state index in [1.807, 2.05) is 0 Å². The Morgan fingerprint density at radius 2 is 2.00 bits per heavy atom. The Morgan fingerprint density at radius 3 is 2.60 bits per heavy atom. The molecule has 1 aromatic carbocycles. The molecule has 0 radical (unpaired) electrons. The summed E-state index contributed by atoms with van der Waals surface area (Å²) in [5.41, 5.74) is 2.24. The number of hydrogen-bond acceptors (Lipinski definition) is 3. The highest BCUT2D eigenvalue weighted by Crippen LogP contribution is 2.16. The van der Waals surface area contributed by atoms with Crippen LogP contribution in [0.15, 0.2) is 29.3 Å². The van der Waals surface area contributed by atoms with Crippen LogP contribution in [0.25, 0.3) is 0 Å². The van der Waals surface area contributed by atoms with Crippen LogP contribution in [0.1, 0.15) is 33.3 Å². The summed E-state index contributed by atoms with van der Waals surface area (Å²) < 4.78 is 0. The Kier molecular flexibility index (Phi) is 7.10. The van der Waals surface area contributed by atoms with Gasteiger partial charge in [0.1, 0.15) is 0 Å². The molecular weight excluding hydrogens is 314 g/mol.